The highest BCUT2D eigenvalue weighted by molar-refractivity contribution is 7.90. The Labute approximate surface area is 256 Å². The Morgan fingerprint density at radius 1 is 1.11 bits per heavy atom. The number of rotatable bonds is 13. The average molecular weight is 657 g/mol. The first-order valence-electron chi connectivity index (χ1n) is 13.3. The third-order valence-corrected chi connectivity index (χ3v) is 7.29. The van der Waals surface area contributed by atoms with Crippen LogP contribution in [0.1, 0.15) is 31.5 Å². The van der Waals surface area contributed by atoms with Gasteiger partial charge in [-0.15, -0.1) is 5.01 Å². The molecule has 0 radical (unpaired) electrons. The summed E-state index contributed by atoms with van der Waals surface area (Å²) in [6, 6.07) is 12.4. The van der Waals surface area contributed by atoms with Crippen LogP contribution < -0.4 is 4.72 Å². The lowest BCUT2D eigenvalue weighted by atomic mass is 10.1. The van der Waals surface area contributed by atoms with E-state index in [0.29, 0.717) is 5.56 Å². The van der Waals surface area contributed by atoms with Gasteiger partial charge in [0.1, 0.15) is 0 Å². The lowest BCUT2D eigenvalue weighted by Gasteiger charge is -2.13. The molecule has 0 unspecified atom stereocenters. The van der Waals surface area contributed by atoms with Gasteiger partial charge in [-0.3, -0.25) is 4.79 Å². The summed E-state index contributed by atoms with van der Waals surface area (Å²) in [4.78, 5) is 27.7. The van der Waals surface area contributed by atoms with E-state index < -0.39 is 40.7 Å². The molecule has 0 saturated heterocycles. The largest absolute Gasteiger partial charge is 0.569 e. The molecule has 0 bridgehead atoms. The number of carbonyl (C=O) groups excluding carboxylic acids is 2. The fourth-order valence-corrected chi connectivity index (χ4v) is 4.43. The van der Waals surface area contributed by atoms with Gasteiger partial charge in [-0.2, -0.15) is 18.3 Å². The van der Waals surface area contributed by atoms with Gasteiger partial charge in [0, 0.05) is 12.0 Å². The van der Waals surface area contributed by atoms with E-state index in [1.54, 1.807) is 42.8 Å². The fourth-order valence-electron chi connectivity index (χ4n) is 3.54. The Hall–Kier alpha value is -4.87. The summed E-state index contributed by atoms with van der Waals surface area (Å²) in [7, 11) is -3.05. The summed E-state index contributed by atoms with van der Waals surface area (Å²) in [5, 5.41) is 19.7. The van der Waals surface area contributed by atoms with E-state index in [9.17, 15) is 36.4 Å². The first-order chi connectivity index (χ1) is 21.1. The summed E-state index contributed by atoms with van der Waals surface area (Å²) in [5.74, 6) is -0.910. The first-order valence-corrected chi connectivity index (χ1v) is 14.8. The quantitative estimate of drug-likeness (QED) is 0.0687. The van der Waals surface area contributed by atoms with E-state index in [-0.39, 0.29) is 46.7 Å². The third-order valence-electron chi connectivity index (χ3n) is 5.96. The zero-order valence-electron chi connectivity index (χ0n) is 24.6. The molecule has 18 heteroatoms. The Balaban J connectivity index is 1.56. The van der Waals surface area contributed by atoms with Gasteiger partial charge in [0.2, 0.25) is 5.28 Å². The number of aromatic nitrogens is 2. The van der Waals surface area contributed by atoms with Crippen molar-refractivity contribution >= 4 is 22.1 Å². The smallest absolute Gasteiger partial charge is 0.435 e. The number of hydrogen-bond donors (Lipinski definition) is 1. The van der Waals surface area contributed by atoms with E-state index in [2.05, 4.69) is 15.2 Å². The zero-order chi connectivity index (χ0) is 33.4. The molecule has 0 spiro atoms. The number of amides is 1. The molecule has 0 aliphatic rings. The number of benzene rings is 2. The topological polar surface area (TPSA) is 167 Å². The molecule has 1 aromatic heterocycles. The number of hydrazine groups is 1. The van der Waals surface area contributed by atoms with Crippen LogP contribution >= 0.6 is 0 Å². The normalized spacial score (nSPS) is 12.1. The monoisotopic (exact) mass is 656 g/mol. The van der Waals surface area contributed by atoms with Gasteiger partial charge in [-0.1, -0.05) is 43.7 Å². The Morgan fingerprint density at radius 2 is 1.76 bits per heavy atom. The highest BCUT2D eigenvalue weighted by atomic mass is 32.2. The number of alkyl halides is 3. The van der Waals surface area contributed by atoms with Crippen LogP contribution in [0.2, 0.25) is 0 Å². The lowest BCUT2D eigenvalue weighted by molar-refractivity contribution is -0.706. The molecule has 0 aliphatic heterocycles. The number of ether oxygens (including phenoxy) is 2. The molecule has 0 aliphatic carbocycles. The second kappa shape index (κ2) is 14.7. The van der Waals surface area contributed by atoms with Crippen molar-refractivity contribution in [2.75, 3.05) is 27.0 Å². The zero-order valence-corrected chi connectivity index (χ0v) is 25.5. The van der Waals surface area contributed by atoms with Gasteiger partial charge in [-0.25, -0.2) is 22.6 Å². The summed E-state index contributed by atoms with van der Waals surface area (Å²) >= 11 is 0. The highest BCUT2D eigenvalue weighted by Crippen LogP contribution is 2.33. The minimum atomic E-state index is -4.71. The minimum Gasteiger partial charge on any atom is -0.569 e. The van der Waals surface area contributed by atoms with Crippen molar-refractivity contribution < 1.29 is 50.5 Å². The van der Waals surface area contributed by atoms with Gasteiger partial charge in [0.25, 0.3) is 16.8 Å². The standard InChI is InChI=1S/C27H31F3N6O8S/c1-18(2)25(37)43-17-44-33-36(39)34(4)14-5-15-42-26(38)32-45(40,41)22-12-10-21(11-13-22)35-23(16-24(31-35)27(28,29)30)20-8-6-19(3)7-9-20/h6-13,16,18H,5,14-15,17H2,1-4H3,(H,32,38). The van der Waals surface area contributed by atoms with E-state index in [0.717, 1.165) is 33.5 Å². The SMILES string of the molecule is Cc1ccc(-c2cc(C(F)(F)F)nn2-c2ccc(S(=O)(=O)NC(=O)OCCCN(C)[N+]([O-])=NOCOC(=O)C(C)C)cc2)cc1. The number of nitrogens with one attached hydrogen (secondary N) is 1. The maximum atomic E-state index is 13.5. The van der Waals surface area contributed by atoms with E-state index in [4.69, 9.17) is 9.47 Å². The number of carbonyl (C=O) groups is 2. The van der Waals surface area contributed by atoms with Crippen LogP contribution in [0.3, 0.4) is 0 Å². The van der Waals surface area contributed by atoms with Crippen molar-refractivity contribution in [1.82, 2.24) is 19.5 Å². The lowest BCUT2D eigenvalue weighted by Crippen LogP contribution is -2.32. The number of esters is 1. The van der Waals surface area contributed by atoms with Crippen molar-refractivity contribution in [1.29, 1.82) is 0 Å². The predicted molar refractivity (Wildman–Crippen MR) is 151 cm³/mol. The second-order valence-corrected chi connectivity index (χ2v) is 11.5. The number of halogens is 3. The second-order valence-electron chi connectivity index (χ2n) is 9.86. The Kier molecular flexibility index (Phi) is 11.3. The third kappa shape index (κ3) is 9.82. The molecule has 1 amide bonds. The Morgan fingerprint density at radius 3 is 2.36 bits per heavy atom. The Bertz CT molecular complexity index is 1610. The molecule has 0 saturated carbocycles. The van der Waals surface area contributed by atoms with Crippen LogP contribution in [0.4, 0.5) is 18.0 Å². The van der Waals surface area contributed by atoms with E-state index in [1.807, 2.05) is 6.92 Å². The van der Waals surface area contributed by atoms with Crippen molar-refractivity contribution in [2.24, 2.45) is 11.2 Å². The van der Waals surface area contributed by atoms with Crippen molar-refractivity contribution in [3.63, 3.8) is 0 Å². The van der Waals surface area contributed by atoms with Crippen LogP contribution in [0.5, 0.6) is 0 Å². The predicted octanol–water partition coefficient (Wildman–Crippen LogP) is 4.57. The van der Waals surface area contributed by atoms with Crippen molar-refractivity contribution in [3.8, 4) is 16.9 Å². The molecule has 45 heavy (non-hydrogen) atoms. The fraction of sp³-hybridized carbons (Fsp3) is 0.370. The van der Waals surface area contributed by atoms with Gasteiger partial charge >= 0.3 is 18.2 Å². The van der Waals surface area contributed by atoms with E-state index in [1.165, 1.54) is 19.2 Å². The van der Waals surface area contributed by atoms with Crippen LogP contribution in [0, 0.1) is 18.0 Å². The molecule has 0 fully saturated rings. The summed E-state index contributed by atoms with van der Waals surface area (Å²) in [6.07, 6.45) is -5.90. The van der Waals surface area contributed by atoms with Crippen LogP contribution in [-0.2, 0) is 35.3 Å². The summed E-state index contributed by atoms with van der Waals surface area (Å²) in [6.45, 7) is 4.27. The van der Waals surface area contributed by atoms with Gasteiger partial charge < -0.3 is 19.5 Å². The van der Waals surface area contributed by atoms with Gasteiger partial charge in [0.15, 0.2) is 5.69 Å². The number of nitrogens with zero attached hydrogens (tertiary/aromatic N) is 5. The summed E-state index contributed by atoms with van der Waals surface area (Å²) in [5.41, 5.74) is 0.529. The van der Waals surface area contributed by atoms with Crippen molar-refractivity contribution in [3.05, 3.63) is 71.1 Å². The molecule has 3 rings (SSSR count). The molecule has 1 heterocycles. The number of aryl methyl sites for hydroxylation is 1. The molecule has 14 nitrogen and oxygen atoms in total. The summed E-state index contributed by atoms with van der Waals surface area (Å²) < 4.78 is 78.1. The average Bonchev–Trinajstić information content (AvgIpc) is 3.44. The van der Waals surface area contributed by atoms with Gasteiger partial charge in [-0.05, 0) is 37.3 Å². The minimum absolute atomic E-state index is 0.0255. The van der Waals surface area contributed by atoms with Crippen LogP contribution in [0.15, 0.2) is 64.8 Å². The molecular weight excluding hydrogens is 625 g/mol. The number of sulfonamides is 1. The molecule has 3 aromatic rings. The molecule has 2 aromatic carbocycles. The molecular formula is C27H31F3N6O8S. The molecule has 244 valence electrons. The number of hydrogen-bond acceptors (Lipinski definition) is 10. The van der Waals surface area contributed by atoms with Crippen LogP contribution in [-0.4, -0.2) is 67.2 Å². The van der Waals surface area contributed by atoms with Crippen molar-refractivity contribution in [2.45, 2.75) is 38.3 Å². The molecule has 0 atom stereocenters. The highest BCUT2D eigenvalue weighted by Gasteiger charge is 2.35. The van der Waals surface area contributed by atoms with Crippen LogP contribution in [0.25, 0.3) is 16.9 Å². The van der Waals surface area contributed by atoms with E-state index >= 15 is 0 Å². The maximum absolute atomic E-state index is 13.5. The first kappa shape index (κ1) is 34.6. The molecule has 1 N–H and O–H groups in total. The maximum Gasteiger partial charge on any atom is 0.435 e. The van der Waals surface area contributed by atoms with Gasteiger partial charge in [0.05, 0.1) is 47.4 Å².